The van der Waals surface area contributed by atoms with E-state index in [1.54, 1.807) is 12.1 Å². The monoisotopic (exact) mass is 278 g/mol. The van der Waals surface area contributed by atoms with Crippen molar-refractivity contribution in [2.45, 2.75) is 20.3 Å². The minimum atomic E-state index is -1.22. The number of carbonyl (C=O) groups excluding carboxylic acids is 3. The van der Waals surface area contributed by atoms with Gasteiger partial charge in [-0.2, -0.15) is 0 Å². The summed E-state index contributed by atoms with van der Waals surface area (Å²) >= 11 is 0. The van der Waals surface area contributed by atoms with E-state index < -0.39 is 17.9 Å². The standard InChI is InChI=1S/C15H18O5/c1-9-5-6-11(7-10(9)2)13(16)8-12(14(17)19-3)15(18)20-4/h5-7,12H,8H2,1-4H3. The molecule has 0 fully saturated rings. The van der Waals surface area contributed by atoms with E-state index in [-0.39, 0.29) is 12.2 Å². The summed E-state index contributed by atoms with van der Waals surface area (Å²) in [7, 11) is 2.33. The lowest BCUT2D eigenvalue weighted by Crippen LogP contribution is -2.29. The van der Waals surface area contributed by atoms with Crippen LogP contribution in [0.3, 0.4) is 0 Å². The van der Waals surface area contributed by atoms with Gasteiger partial charge in [0, 0.05) is 12.0 Å². The lowest BCUT2D eigenvalue weighted by Gasteiger charge is -2.12. The summed E-state index contributed by atoms with van der Waals surface area (Å²) in [5.74, 6) is -3.06. The van der Waals surface area contributed by atoms with E-state index in [1.807, 2.05) is 19.9 Å². The smallest absolute Gasteiger partial charge is 0.320 e. The summed E-state index contributed by atoms with van der Waals surface area (Å²) < 4.78 is 9.05. The molecule has 0 radical (unpaired) electrons. The van der Waals surface area contributed by atoms with E-state index in [2.05, 4.69) is 9.47 Å². The second kappa shape index (κ2) is 6.84. The van der Waals surface area contributed by atoms with Crippen LogP contribution in [0.15, 0.2) is 18.2 Å². The van der Waals surface area contributed by atoms with Crippen molar-refractivity contribution in [3.8, 4) is 0 Å². The van der Waals surface area contributed by atoms with Crippen LogP contribution in [0, 0.1) is 19.8 Å². The fourth-order valence-corrected chi connectivity index (χ4v) is 1.77. The Labute approximate surface area is 117 Å². The summed E-state index contributed by atoms with van der Waals surface area (Å²) in [6.07, 6.45) is -0.262. The molecule has 0 aromatic heterocycles. The van der Waals surface area contributed by atoms with Crippen molar-refractivity contribution in [2.24, 2.45) is 5.92 Å². The summed E-state index contributed by atoms with van der Waals surface area (Å²) in [6, 6.07) is 5.24. The number of esters is 2. The highest BCUT2D eigenvalue weighted by Crippen LogP contribution is 2.16. The summed E-state index contributed by atoms with van der Waals surface area (Å²) in [5, 5.41) is 0. The third-order valence-corrected chi connectivity index (χ3v) is 3.19. The number of Topliss-reactive ketones (excluding diaryl/α,β-unsaturated/α-hetero) is 1. The molecule has 108 valence electrons. The van der Waals surface area contributed by atoms with Gasteiger partial charge in [0.05, 0.1) is 14.2 Å². The molecule has 1 aromatic rings. The molecule has 0 aliphatic rings. The van der Waals surface area contributed by atoms with Gasteiger partial charge in [0.15, 0.2) is 11.7 Å². The number of ether oxygens (including phenoxy) is 2. The molecule has 0 spiro atoms. The number of hydrogen-bond donors (Lipinski definition) is 0. The molecule has 20 heavy (non-hydrogen) atoms. The molecule has 0 heterocycles. The molecule has 0 aliphatic heterocycles. The van der Waals surface area contributed by atoms with Gasteiger partial charge in [-0.3, -0.25) is 14.4 Å². The van der Waals surface area contributed by atoms with Gasteiger partial charge in [-0.15, -0.1) is 0 Å². The lowest BCUT2D eigenvalue weighted by atomic mass is 9.96. The number of methoxy groups -OCH3 is 2. The Morgan fingerprint density at radius 3 is 2.00 bits per heavy atom. The van der Waals surface area contributed by atoms with Crippen LogP contribution in [0.5, 0.6) is 0 Å². The molecule has 0 bridgehead atoms. The number of rotatable bonds is 5. The van der Waals surface area contributed by atoms with E-state index in [0.717, 1.165) is 11.1 Å². The lowest BCUT2D eigenvalue weighted by molar-refractivity contribution is -0.158. The summed E-state index contributed by atoms with van der Waals surface area (Å²) in [4.78, 5) is 35.2. The average molecular weight is 278 g/mol. The highest BCUT2D eigenvalue weighted by Gasteiger charge is 2.31. The molecule has 0 aliphatic carbocycles. The van der Waals surface area contributed by atoms with Crippen LogP contribution in [0.1, 0.15) is 27.9 Å². The number of hydrogen-bond acceptors (Lipinski definition) is 5. The Morgan fingerprint density at radius 1 is 1.00 bits per heavy atom. The van der Waals surface area contributed by atoms with Crippen LogP contribution in [-0.2, 0) is 19.1 Å². The van der Waals surface area contributed by atoms with Crippen molar-refractivity contribution >= 4 is 17.7 Å². The Hall–Kier alpha value is -2.17. The molecule has 0 amide bonds. The Morgan fingerprint density at radius 2 is 1.55 bits per heavy atom. The minimum Gasteiger partial charge on any atom is -0.468 e. The molecule has 0 atom stereocenters. The fraction of sp³-hybridized carbons (Fsp3) is 0.400. The van der Waals surface area contributed by atoms with E-state index in [9.17, 15) is 14.4 Å². The fourth-order valence-electron chi connectivity index (χ4n) is 1.77. The molecule has 5 heteroatoms. The largest absolute Gasteiger partial charge is 0.468 e. The van der Waals surface area contributed by atoms with Crippen molar-refractivity contribution in [3.05, 3.63) is 34.9 Å². The van der Waals surface area contributed by atoms with E-state index in [4.69, 9.17) is 0 Å². The van der Waals surface area contributed by atoms with Crippen molar-refractivity contribution in [2.75, 3.05) is 14.2 Å². The number of aryl methyl sites for hydroxylation is 2. The maximum atomic E-state index is 12.1. The zero-order valence-corrected chi connectivity index (χ0v) is 12.1. The predicted octanol–water partition coefficient (Wildman–Crippen LogP) is 1.84. The maximum Gasteiger partial charge on any atom is 0.320 e. The molecular weight excluding hydrogens is 260 g/mol. The van der Waals surface area contributed by atoms with Crippen LogP contribution in [-0.4, -0.2) is 31.9 Å². The third kappa shape index (κ3) is 3.66. The first-order chi connectivity index (χ1) is 9.40. The first kappa shape index (κ1) is 15.9. The second-order valence-corrected chi connectivity index (χ2v) is 4.53. The Kier molecular flexibility index (Phi) is 5.43. The predicted molar refractivity (Wildman–Crippen MR) is 72.4 cm³/mol. The van der Waals surface area contributed by atoms with Gasteiger partial charge in [0.25, 0.3) is 0 Å². The normalized spacial score (nSPS) is 10.2. The second-order valence-electron chi connectivity index (χ2n) is 4.53. The zero-order valence-electron chi connectivity index (χ0n) is 12.1. The van der Waals surface area contributed by atoms with E-state index in [0.29, 0.717) is 5.56 Å². The highest BCUT2D eigenvalue weighted by atomic mass is 16.5. The maximum absolute atomic E-state index is 12.1. The summed E-state index contributed by atoms with van der Waals surface area (Å²) in [5.41, 5.74) is 2.51. The number of carbonyl (C=O) groups is 3. The van der Waals surface area contributed by atoms with Gasteiger partial charge in [0.1, 0.15) is 0 Å². The van der Waals surface area contributed by atoms with Gasteiger partial charge < -0.3 is 9.47 Å². The van der Waals surface area contributed by atoms with Crippen LogP contribution in [0.2, 0.25) is 0 Å². The minimum absolute atomic E-state index is 0.262. The number of ketones is 1. The SMILES string of the molecule is COC(=O)C(CC(=O)c1ccc(C)c(C)c1)C(=O)OC. The molecule has 5 nitrogen and oxygen atoms in total. The molecule has 0 saturated carbocycles. The van der Waals surface area contributed by atoms with Crippen LogP contribution < -0.4 is 0 Å². The summed E-state index contributed by atoms with van der Waals surface area (Å²) in [6.45, 7) is 3.83. The van der Waals surface area contributed by atoms with Crippen molar-refractivity contribution in [1.82, 2.24) is 0 Å². The average Bonchev–Trinajstić information content (AvgIpc) is 2.45. The van der Waals surface area contributed by atoms with Crippen LogP contribution in [0.25, 0.3) is 0 Å². The van der Waals surface area contributed by atoms with Crippen LogP contribution in [0.4, 0.5) is 0 Å². The van der Waals surface area contributed by atoms with Crippen molar-refractivity contribution < 1.29 is 23.9 Å². The molecule has 1 aromatic carbocycles. The van der Waals surface area contributed by atoms with Crippen LogP contribution >= 0.6 is 0 Å². The van der Waals surface area contributed by atoms with E-state index >= 15 is 0 Å². The van der Waals surface area contributed by atoms with Gasteiger partial charge in [-0.05, 0) is 31.0 Å². The molecule has 0 unspecified atom stereocenters. The van der Waals surface area contributed by atoms with Gasteiger partial charge in [-0.1, -0.05) is 12.1 Å². The molecular formula is C15H18O5. The van der Waals surface area contributed by atoms with Gasteiger partial charge >= 0.3 is 11.9 Å². The Balaban J connectivity index is 2.93. The van der Waals surface area contributed by atoms with Crippen molar-refractivity contribution in [1.29, 1.82) is 0 Å². The topological polar surface area (TPSA) is 69.7 Å². The first-order valence-corrected chi connectivity index (χ1v) is 6.16. The van der Waals surface area contributed by atoms with Gasteiger partial charge in [-0.25, -0.2) is 0 Å². The Bertz CT molecular complexity index is 517. The highest BCUT2D eigenvalue weighted by molar-refractivity contribution is 6.04. The van der Waals surface area contributed by atoms with Crippen molar-refractivity contribution in [3.63, 3.8) is 0 Å². The van der Waals surface area contributed by atoms with E-state index in [1.165, 1.54) is 14.2 Å². The van der Waals surface area contributed by atoms with Gasteiger partial charge in [0.2, 0.25) is 0 Å². The molecule has 0 N–H and O–H groups in total. The first-order valence-electron chi connectivity index (χ1n) is 6.16. The molecule has 1 rings (SSSR count). The zero-order chi connectivity index (χ0) is 15.3. The number of benzene rings is 1. The molecule has 0 saturated heterocycles. The third-order valence-electron chi connectivity index (χ3n) is 3.19. The quantitative estimate of drug-likeness (QED) is 0.467.